The molecule has 2 rings (SSSR count). The zero-order valence-corrected chi connectivity index (χ0v) is 15.2. The van der Waals surface area contributed by atoms with Gasteiger partial charge in [0.15, 0.2) is 6.10 Å². The van der Waals surface area contributed by atoms with Crippen molar-refractivity contribution in [3.63, 3.8) is 0 Å². The summed E-state index contributed by atoms with van der Waals surface area (Å²) in [6.45, 7) is 5.07. The Balaban J connectivity index is 2.10. The standard InChI is InChI=1S/C18H17ClN2O5/c1-10-5-4-6-14(11(10)2)18(23)26-12(3)17(22)20-16-9-13(21(24)25)7-8-15(16)19/h4-9,12H,1-3H3,(H,20,22). The molecule has 26 heavy (non-hydrogen) atoms. The van der Waals surface area contributed by atoms with Crippen molar-refractivity contribution in [1.29, 1.82) is 0 Å². The molecule has 7 nitrogen and oxygen atoms in total. The van der Waals surface area contributed by atoms with Gasteiger partial charge in [-0.25, -0.2) is 4.79 Å². The number of carbonyl (C=O) groups is 2. The van der Waals surface area contributed by atoms with Crippen molar-refractivity contribution in [3.05, 3.63) is 68.2 Å². The third kappa shape index (κ3) is 4.37. The van der Waals surface area contributed by atoms with E-state index in [2.05, 4.69) is 5.32 Å². The number of hydrogen-bond donors (Lipinski definition) is 1. The van der Waals surface area contributed by atoms with Crippen LogP contribution in [0.3, 0.4) is 0 Å². The number of anilines is 1. The number of rotatable bonds is 5. The van der Waals surface area contributed by atoms with Crippen LogP contribution in [0.4, 0.5) is 11.4 Å². The molecule has 136 valence electrons. The highest BCUT2D eigenvalue weighted by molar-refractivity contribution is 6.33. The fraction of sp³-hybridized carbons (Fsp3) is 0.222. The van der Waals surface area contributed by atoms with Gasteiger partial charge in [-0.3, -0.25) is 14.9 Å². The summed E-state index contributed by atoms with van der Waals surface area (Å²) in [5, 5.41) is 13.4. The van der Waals surface area contributed by atoms with E-state index in [-0.39, 0.29) is 16.4 Å². The summed E-state index contributed by atoms with van der Waals surface area (Å²) in [4.78, 5) is 34.8. The van der Waals surface area contributed by atoms with Gasteiger partial charge in [0.1, 0.15) is 0 Å². The average molecular weight is 377 g/mol. The number of carbonyl (C=O) groups excluding carboxylic acids is 2. The second-order valence-corrected chi connectivity index (χ2v) is 6.11. The lowest BCUT2D eigenvalue weighted by atomic mass is 10.0. The highest BCUT2D eigenvalue weighted by atomic mass is 35.5. The van der Waals surface area contributed by atoms with Gasteiger partial charge in [0, 0.05) is 12.1 Å². The zero-order valence-electron chi connectivity index (χ0n) is 14.4. The summed E-state index contributed by atoms with van der Waals surface area (Å²) < 4.78 is 5.20. The molecule has 8 heteroatoms. The first-order valence-corrected chi connectivity index (χ1v) is 8.10. The van der Waals surface area contributed by atoms with Gasteiger partial charge in [-0.1, -0.05) is 23.7 Å². The van der Waals surface area contributed by atoms with Crippen LogP contribution in [-0.2, 0) is 9.53 Å². The Hall–Kier alpha value is -2.93. The minimum atomic E-state index is -1.11. The van der Waals surface area contributed by atoms with Crippen molar-refractivity contribution in [2.75, 3.05) is 5.32 Å². The Morgan fingerprint density at radius 2 is 1.92 bits per heavy atom. The van der Waals surface area contributed by atoms with E-state index in [1.807, 2.05) is 13.0 Å². The maximum Gasteiger partial charge on any atom is 0.339 e. The lowest BCUT2D eigenvalue weighted by Crippen LogP contribution is -2.30. The summed E-state index contributed by atoms with van der Waals surface area (Å²) in [6, 6.07) is 8.88. The normalized spacial score (nSPS) is 11.5. The van der Waals surface area contributed by atoms with E-state index in [4.69, 9.17) is 16.3 Å². The molecule has 0 radical (unpaired) electrons. The van der Waals surface area contributed by atoms with E-state index in [0.29, 0.717) is 5.56 Å². The Morgan fingerprint density at radius 3 is 2.58 bits per heavy atom. The second-order valence-electron chi connectivity index (χ2n) is 5.71. The van der Waals surface area contributed by atoms with Gasteiger partial charge < -0.3 is 10.1 Å². The van der Waals surface area contributed by atoms with Crippen LogP contribution in [0.1, 0.15) is 28.4 Å². The van der Waals surface area contributed by atoms with Gasteiger partial charge in [-0.2, -0.15) is 0 Å². The number of nitro benzene ring substituents is 1. The predicted octanol–water partition coefficient (Wildman–Crippen LogP) is 4.05. The number of nitro groups is 1. The van der Waals surface area contributed by atoms with E-state index < -0.39 is 22.9 Å². The van der Waals surface area contributed by atoms with Crippen molar-refractivity contribution in [2.24, 2.45) is 0 Å². The van der Waals surface area contributed by atoms with Crippen LogP contribution in [0.5, 0.6) is 0 Å². The molecule has 0 spiro atoms. The topological polar surface area (TPSA) is 98.5 Å². The average Bonchev–Trinajstić information content (AvgIpc) is 2.58. The van der Waals surface area contributed by atoms with Crippen LogP contribution < -0.4 is 5.32 Å². The SMILES string of the molecule is Cc1cccc(C(=O)OC(C)C(=O)Nc2cc([N+](=O)[O-])ccc2Cl)c1C. The molecule has 0 aliphatic carbocycles. The third-order valence-electron chi connectivity index (χ3n) is 3.90. The number of esters is 1. The minimum Gasteiger partial charge on any atom is -0.449 e. The molecule has 0 aromatic heterocycles. The van der Waals surface area contributed by atoms with Crippen molar-refractivity contribution < 1.29 is 19.2 Å². The van der Waals surface area contributed by atoms with Crippen molar-refractivity contribution in [3.8, 4) is 0 Å². The number of nitrogens with zero attached hydrogens (tertiary/aromatic N) is 1. The maximum atomic E-state index is 12.3. The van der Waals surface area contributed by atoms with Crippen molar-refractivity contribution >= 4 is 34.9 Å². The van der Waals surface area contributed by atoms with Crippen LogP contribution in [0.15, 0.2) is 36.4 Å². The van der Waals surface area contributed by atoms with Gasteiger partial charge in [-0.15, -0.1) is 0 Å². The molecule has 1 N–H and O–H groups in total. The van der Waals surface area contributed by atoms with Gasteiger partial charge in [0.25, 0.3) is 11.6 Å². The number of aryl methyl sites for hydroxylation is 1. The maximum absolute atomic E-state index is 12.3. The van der Waals surface area contributed by atoms with Gasteiger partial charge in [0.2, 0.25) is 0 Å². The summed E-state index contributed by atoms with van der Waals surface area (Å²) in [5.74, 6) is -1.27. The number of benzene rings is 2. The van der Waals surface area contributed by atoms with Gasteiger partial charge >= 0.3 is 5.97 Å². The van der Waals surface area contributed by atoms with Gasteiger partial charge in [0.05, 0.1) is 21.2 Å². The summed E-state index contributed by atoms with van der Waals surface area (Å²) in [5.41, 5.74) is 1.93. The molecule has 1 unspecified atom stereocenters. The third-order valence-corrected chi connectivity index (χ3v) is 4.23. The number of non-ortho nitro benzene ring substituents is 1. The lowest BCUT2D eigenvalue weighted by molar-refractivity contribution is -0.384. The first kappa shape index (κ1) is 19.4. The molecule has 0 heterocycles. The summed E-state index contributed by atoms with van der Waals surface area (Å²) in [7, 11) is 0. The van der Waals surface area contributed by atoms with Gasteiger partial charge in [-0.05, 0) is 44.0 Å². The van der Waals surface area contributed by atoms with Crippen LogP contribution in [0.2, 0.25) is 5.02 Å². The minimum absolute atomic E-state index is 0.0699. The smallest absolute Gasteiger partial charge is 0.339 e. The largest absolute Gasteiger partial charge is 0.449 e. The predicted molar refractivity (Wildman–Crippen MR) is 97.5 cm³/mol. The number of halogens is 1. The highest BCUT2D eigenvalue weighted by Crippen LogP contribution is 2.27. The fourth-order valence-electron chi connectivity index (χ4n) is 2.21. The molecule has 0 fully saturated rings. The van der Waals surface area contributed by atoms with E-state index in [1.54, 1.807) is 19.1 Å². The van der Waals surface area contributed by atoms with Crippen molar-refractivity contribution in [2.45, 2.75) is 26.9 Å². The van der Waals surface area contributed by atoms with Crippen LogP contribution in [-0.4, -0.2) is 22.9 Å². The lowest BCUT2D eigenvalue weighted by Gasteiger charge is -2.15. The molecular formula is C18H17ClN2O5. The highest BCUT2D eigenvalue weighted by Gasteiger charge is 2.22. The van der Waals surface area contributed by atoms with E-state index in [0.717, 1.165) is 17.2 Å². The number of amides is 1. The van der Waals surface area contributed by atoms with Crippen LogP contribution >= 0.6 is 11.6 Å². The molecule has 2 aromatic carbocycles. The molecule has 1 amide bonds. The number of nitrogens with one attached hydrogen (secondary N) is 1. The molecule has 0 aliphatic rings. The summed E-state index contributed by atoms with van der Waals surface area (Å²) >= 11 is 5.94. The Morgan fingerprint density at radius 1 is 1.23 bits per heavy atom. The van der Waals surface area contributed by atoms with E-state index >= 15 is 0 Å². The van der Waals surface area contributed by atoms with E-state index in [9.17, 15) is 19.7 Å². The summed E-state index contributed by atoms with van der Waals surface area (Å²) in [6.07, 6.45) is -1.11. The van der Waals surface area contributed by atoms with E-state index in [1.165, 1.54) is 19.1 Å². The molecule has 0 saturated heterocycles. The Labute approximate surface area is 155 Å². The molecule has 0 saturated carbocycles. The molecule has 2 aromatic rings. The first-order valence-electron chi connectivity index (χ1n) is 7.72. The zero-order chi connectivity index (χ0) is 19.4. The monoisotopic (exact) mass is 376 g/mol. The van der Waals surface area contributed by atoms with Crippen LogP contribution in [0.25, 0.3) is 0 Å². The second kappa shape index (κ2) is 7.97. The van der Waals surface area contributed by atoms with Crippen molar-refractivity contribution in [1.82, 2.24) is 0 Å². The fourth-order valence-corrected chi connectivity index (χ4v) is 2.37. The quantitative estimate of drug-likeness (QED) is 0.482. The Kier molecular flexibility index (Phi) is 5.94. The molecule has 0 aliphatic heterocycles. The first-order chi connectivity index (χ1) is 12.2. The molecule has 1 atom stereocenters. The molecule has 0 bridgehead atoms. The van der Waals surface area contributed by atoms with Crippen LogP contribution in [0, 0.1) is 24.0 Å². The molecular weight excluding hydrogens is 360 g/mol. The Bertz CT molecular complexity index is 882. The number of ether oxygens (including phenoxy) is 1. The number of hydrogen-bond acceptors (Lipinski definition) is 5.